The van der Waals surface area contributed by atoms with Gasteiger partial charge in [0.15, 0.2) is 0 Å². The highest BCUT2D eigenvalue weighted by Gasteiger charge is 2.39. The molecule has 8 rings (SSSR count). The van der Waals surface area contributed by atoms with Crippen LogP contribution in [0.4, 0.5) is 19.2 Å². The van der Waals surface area contributed by atoms with Gasteiger partial charge < -0.3 is 80.2 Å². The van der Waals surface area contributed by atoms with Crippen LogP contribution in [0.3, 0.4) is 0 Å². The molecule has 76 heavy (non-hydrogen) atoms. The van der Waals surface area contributed by atoms with Crippen molar-refractivity contribution >= 4 is 48.3 Å². The molecule has 0 aromatic heterocycles. The highest BCUT2D eigenvalue weighted by molar-refractivity contribution is 6.27. The summed E-state index contributed by atoms with van der Waals surface area (Å²) in [7, 11) is 0. The van der Waals surface area contributed by atoms with Crippen LogP contribution in [0.5, 0.6) is 0 Å². The summed E-state index contributed by atoms with van der Waals surface area (Å²) in [6.07, 6.45) is 3.81. The van der Waals surface area contributed by atoms with Crippen LogP contribution in [0.1, 0.15) is 109 Å². The zero-order valence-corrected chi connectivity index (χ0v) is 47.2. The van der Waals surface area contributed by atoms with Gasteiger partial charge in [0.2, 0.25) is 0 Å². The zero-order valence-electron chi connectivity index (χ0n) is 47.2. The van der Waals surface area contributed by atoms with Gasteiger partial charge in [0.05, 0.1) is 0 Å². The Morgan fingerprint density at radius 2 is 0.474 bits per heavy atom. The smallest absolute Gasteiger partial charge is 0.414 e. The summed E-state index contributed by atoms with van der Waals surface area (Å²) >= 11 is 0. The van der Waals surface area contributed by atoms with Crippen molar-refractivity contribution in [2.45, 2.75) is 131 Å². The largest absolute Gasteiger partial charge is 0.473 e. The number of carboxylic acid groups (broad SMARTS) is 4. The van der Waals surface area contributed by atoms with Crippen LogP contribution in [0.15, 0.2) is 0 Å². The molecule has 8 saturated heterocycles. The number of fused-ring (bicyclic) bond motifs is 4. The average molecular weight is 1090 g/mol. The zero-order chi connectivity index (χ0) is 57.3. The SMILES string of the molecule is CC(C)(C)OC(=O)N1CC[C@@H]2CNC[C@@H]2C1.CC(C)(C)OC(=O)N1CC[C@@H]2CNC[C@@H]2C1.CC(C)(C)OC(=O)N1CC[C@H]2CNC[C@H]2C1.CC(C)(C)OC(=O)N1CC[C@H]2CNC[C@H]2C1.O=C(O)C(=O)O.O=C(O)C(=O)O. The topological polar surface area (TPSA) is 315 Å². The maximum absolute atomic E-state index is 11.9. The Balaban J connectivity index is 0.000000249. The van der Waals surface area contributed by atoms with E-state index >= 15 is 0 Å². The second kappa shape index (κ2) is 29.0. The van der Waals surface area contributed by atoms with Gasteiger partial charge in [-0.2, -0.15) is 0 Å². The van der Waals surface area contributed by atoms with Crippen molar-refractivity contribution in [1.82, 2.24) is 40.9 Å². The predicted octanol–water partition coefficient (Wildman–Crippen LogP) is 4.16. The van der Waals surface area contributed by atoms with E-state index in [9.17, 15) is 19.2 Å². The molecule has 8 N–H and O–H groups in total. The van der Waals surface area contributed by atoms with E-state index < -0.39 is 23.9 Å². The quantitative estimate of drug-likeness (QED) is 0.125. The summed E-state index contributed by atoms with van der Waals surface area (Å²) in [5, 5.41) is 43.1. The van der Waals surface area contributed by atoms with Crippen LogP contribution in [0.2, 0.25) is 0 Å². The second-order valence-electron chi connectivity index (χ2n) is 24.8. The van der Waals surface area contributed by atoms with Gasteiger partial charge in [0, 0.05) is 52.4 Å². The lowest BCUT2D eigenvalue weighted by Gasteiger charge is -2.35. The van der Waals surface area contributed by atoms with Crippen LogP contribution in [-0.4, -0.2) is 215 Å². The van der Waals surface area contributed by atoms with Gasteiger partial charge in [0.1, 0.15) is 22.4 Å². The molecule has 8 aliphatic rings. The summed E-state index contributed by atoms with van der Waals surface area (Å²) in [6.45, 7) is 38.4. The molecule has 24 nitrogen and oxygen atoms in total. The Morgan fingerprint density at radius 3 is 0.618 bits per heavy atom. The Labute approximate surface area is 448 Å². The van der Waals surface area contributed by atoms with Crippen molar-refractivity contribution < 1.29 is 77.7 Å². The number of amides is 4. The average Bonchev–Trinajstić information content (AvgIpc) is 4.15. The van der Waals surface area contributed by atoms with Gasteiger partial charge in [-0.15, -0.1) is 0 Å². The fourth-order valence-electron chi connectivity index (χ4n) is 10.1. The third-order valence-electron chi connectivity index (χ3n) is 13.8. The molecular formula is C52H92N8O16. The Morgan fingerprint density at radius 1 is 0.316 bits per heavy atom. The molecular weight excluding hydrogens is 993 g/mol. The van der Waals surface area contributed by atoms with E-state index in [1.165, 1.54) is 0 Å². The standard InChI is InChI=1S/4C12H22N2O2.2C2H2O4/c4*1-12(2,3)16-11(15)14-5-4-9-6-13-7-10(9)8-14;2*3-1(4)2(5)6/h4*9-10,13H,4-8H2,1-3H3;2*(H,3,4)(H,5,6)/t4*9-,10-;;/m1100../s1. The highest BCUT2D eigenvalue weighted by Crippen LogP contribution is 2.31. The lowest BCUT2D eigenvalue weighted by Crippen LogP contribution is -2.45. The van der Waals surface area contributed by atoms with Crippen LogP contribution < -0.4 is 21.3 Å². The summed E-state index contributed by atoms with van der Waals surface area (Å²) in [6, 6.07) is 0. The summed E-state index contributed by atoms with van der Waals surface area (Å²) in [5.74, 6) is -1.74. The first-order valence-electron chi connectivity index (χ1n) is 26.8. The van der Waals surface area contributed by atoms with E-state index in [0.29, 0.717) is 23.7 Å². The predicted molar refractivity (Wildman–Crippen MR) is 280 cm³/mol. The van der Waals surface area contributed by atoms with Gasteiger partial charge in [-0.05, 0) is 208 Å². The molecule has 0 bridgehead atoms. The summed E-state index contributed by atoms with van der Waals surface area (Å²) in [5.41, 5.74) is -1.55. The fourth-order valence-corrected chi connectivity index (χ4v) is 10.1. The third kappa shape index (κ3) is 24.0. The van der Waals surface area contributed by atoms with Gasteiger partial charge in [-0.3, -0.25) is 0 Å². The summed E-state index contributed by atoms with van der Waals surface area (Å²) < 4.78 is 21.6. The molecule has 8 heterocycles. The molecule has 24 heteroatoms. The van der Waals surface area contributed by atoms with Gasteiger partial charge in [-0.25, -0.2) is 38.4 Å². The van der Waals surface area contributed by atoms with E-state index in [2.05, 4.69) is 21.3 Å². The van der Waals surface area contributed by atoms with Crippen molar-refractivity contribution in [1.29, 1.82) is 0 Å². The van der Waals surface area contributed by atoms with Crippen LogP contribution in [0, 0.1) is 47.3 Å². The van der Waals surface area contributed by atoms with Crippen molar-refractivity contribution in [3.8, 4) is 0 Å². The monoisotopic (exact) mass is 1080 g/mol. The van der Waals surface area contributed by atoms with Crippen molar-refractivity contribution in [2.24, 2.45) is 47.3 Å². The molecule has 0 spiro atoms. The first kappa shape index (κ1) is 65.1. The maximum atomic E-state index is 11.9. The minimum atomic E-state index is -1.82. The highest BCUT2D eigenvalue weighted by atomic mass is 16.6. The first-order valence-corrected chi connectivity index (χ1v) is 26.8. The number of hydrogen-bond acceptors (Lipinski definition) is 16. The normalized spacial score (nSPS) is 26.5. The number of ether oxygens (including phenoxy) is 4. The van der Waals surface area contributed by atoms with Gasteiger partial charge >= 0.3 is 48.3 Å². The summed E-state index contributed by atoms with van der Waals surface area (Å²) in [4.78, 5) is 91.4. The number of nitrogens with one attached hydrogen (secondary N) is 4. The molecule has 0 saturated carbocycles. The van der Waals surface area contributed by atoms with Crippen molar-refractivity contribution in [3.05, 3.63) is 0 Å². The number of carbonyl (C=O) groups excluding carboxylic acids is 4. The number of rotatable bonds is 0. The molecule has 8 atom stereocenters. The second-order valence-corrected chi connectivity index (χ2v) is 24.8. The lowest BCUT2D eigenvalue weighted by atomic mass is 9.89. The third-order valence-corrected chi connectivity index (χ3v) is 13.8. The van der Waals surface area contributed by atoms with E-state index in [4.69, 9.17) is 58.6 Å². The Hall–Kier alpha value is -5.20. The van der Waals surface area contributed by atoms with Crippen molar-refractivity contribution in [2.75, 3.05) is 105 Å². The van der Waals surface area contributed by atoms with E-state index in [0.717, 1.165) is 154 Å². The Bertz CT molecular complexity index is 1680. The molecule has 8 aliphatic heterocycles. The molecule has 4 amide bonds. The fraction of sp³-hybridized carbons (Fsp3) is 0.846. The minimum Gasteiger partial charge on any atom is -0.473 e. The number of piperidine rings is 4. The molecule has 0 aromatic rings. The lowest BCUT2D eigenvalue weighted by molar-refractivity contribution is -0.159. The van der Waals surface area contributed by atoms with Crippen molar-refractivity contribution in [3.63, 3.8) is 0 Å². The number of hydrogen-bond donors (Lipinski definition) is 8. The number of carboxylic acids is 4. The number of likely N-dealkylation sites (tertiary alicyclic amines) is 4. The molecule has 0 aliphatic carbocycles. The molecule has 0 unspecified atom stereocenters. The molecule has 0 aromatic carbocycles. The van der Waals surface area contributed by atoms with Gasteiger partial charge in [0.25, 0.3) is 0 Å². The van der Waals surface area contributed by atoms with Gasteiger partial charge in [-0.1, -0.05) is 0 Å². The molecule has 0 radical (unpaired) electrons. The number of aliphatic carboxylic acids is 4. The molecule has 436 valence electrons. The Kier molecular flexibility index (Phi) is 24.8. The van der Waals surface area contributed by atoms with E-state index in [-0.39, 0.29) is 46.8 Å². The van der Waals surface area contributed by atoms with E-state index in [1.54, 1.807) is 0 Å². The number of carbonyl (C=O) groups is 8. The van der Waals surface area contributed by atoms with E-state index in [1.807, 2.05) is 103 Å². The molecule has 8 fully saturated rings. The van der Waals surface area contributed by atoms with Crippen LogP contribution in [-0.2, 0) is 38.1 Å². The van der Waals surface area contributed by atoms with Crippen LogP contribution >= 0.6 is 0 Å². The van der Waals surface area contributed by atoms with Crippen LogP contribution in [0.25, 0.3) is 0 Å². The minimum absolute atomic E-state index is 0.155. The maximum Gasteiger partial charge on any atom is 0.414 e. The number of nitrogens with zero attached hydrogens (tertiary/aromatic N) is 4. The first-order chi connectivity index (χ1) is 35.1.